The lowest BCUT2D eigenvalue weighted by molar-refractivity contribution is 0.259. The Morgan fingerprint density at radius 3 is 2.27 bits per heavy atom. The zero-order valence-corrected chi connectivity index (χ0v) is 10.9. The molecule has 0 saturated heterocycles. The highest BCUT2D eigenvalue weighted by Crippen LogP contribution is 2.13. The standard InChI is InChI=1S/C13H23NS/c1-3-5-9-14(10-6-4-2)12-13-8-7-11-15-13/h7-8,11H,3-6,9-10,12H2,1-2H3. The Morgan fingerprint density at radius 1 is 1.13 bits per heavy atom. The van der Waals surface area contributed by atoms with E-state index >= 15 is 0 Å². The van der Waals surface area contributed by atoms with Crippen molar-refractivity contribution < 1.29 is 0 Å². The van der Waals surface area contributed by atoms with Crippen LogP contribution in [0.5, 0.6) is 0 Å². The van der Waals surface area contributed by atoms with Crippen molar-refractivity contribution in [3.63, 3.8) is 0 Å². The summed E-state index contributed by atoms with van der Waals surface area (Å²) in [6.45, 7) is 8.20. The van der Waals surface area contributed by atoms with E-state index < -0.39 is 0 Å². The van der Waals surface area contributed by atoms with Crippen LogP contribution >= 0.6 is 11.3 Å². The minimum atomic E-state index is 1.15. The van der Waals surface area contributed by atoms with Crippen molar-refractivity contribution in [1.29, 1.82) is 0 Å². The van der Waals surface area contributed by atoms with Crippen molar-refractivity contribution in [2.75, 3.05) is 13.1 Å². The van der Waals surface area contributed by atoms with Gasteiger partial charge in [0.2, 0.25) is 0 Å². The van der Waals surface area contributed by atoms with E-state index in [2.05, 4.69) is 36.3 Å². The van der Waals surface area contributed by atoms with Gasteiger partial charge in [-0.2, -0.15) is 0 Å². The summed E-state index contributed by atoms with van der Waals surface area (Å²) in [4.78, 5) is 4.10. The molecule has 1 aromatic rings. The molecule has 0 aromatic carbocycles. The van der Waals surface area contributed by atoms with E-state index in [9.17, 15) is 0 Å². The molecule has 0 aliphatic rings. The first-order valence-electron chi connectivity index (χ1n) is 6.11. The van der Waals surface area contributed by atoms with Crippen molar-refractivity contribution in [2.24, 2.45) is 0 Å². The van der Waals surface area contributed by atoms with Crippen molar-refractivity contribution >= 4 is 11.3 Å². The van der Waals surface area contributed by atoms with Gasteiger partial charge < -0.3 is 0 Å². The van der Waals surface area contributed by atoms with Crippen LogP contribution in [0.1, 0.15) is 44.4 Å². The highest BCUT2D eigenvalue weighted by molar-refractivity contribution is 7.09. The summed E-state index contributed by atoms with van der Waals surface area (Å²) in [5.41, 5.74) is 0. The lowest BCUT2D eigenvalue weighted by atomic mass is 10.2. The number of rotatable bonds is 8. The summed E-state index contributed by atoms with van der Waals surface area (Å²) in [5.74, 6) is 0. The van der Waals surface area contributed by atoms with E-state index in [1.54, 1.807) is 0 Å². The molecular weight excluding hydrogens is 202 g/mol. The SMILES string of the molecule is CCCCN(CCCC)Cc1cccs1. The number of hydrogen-bond acceptors (Lipinski definition) is 2. The first-order valence-corrected chi connectivity index (χ1v) is 6.99. The number of hydrogen-bond donors (Lipinski definition) is 0. The molecule has 0 saturated carbocycles. The van der Waals surface area contributed by atoms with Crippen molar-refractivity contribution in [1.82, 2.24) is 4.90 Å². The molecule has 0 atom stereocenters. The highest BCUT2D eigenvalue weighted by atomic mass is 32.1. The second kappa shape index (κ2) is 7.89. The quantitative estimate of drug-likeness (QED) is 0.642. The summed E-state index contributed by atoms with van der Waals surface area (Å²) in [6, 6.07) is 4.40. The molecule has 1 nitrogen and oxygen atoms in total. The van der Waals surface area contributed by atoms with Crippen LogP contribution in [-0.2, 0) is 6.54 Å². The third-order valence-corrected chi connectivity index (χ3v) is 3.48. The van der Waals surface area contributed by atoms with Crippen molar-refractivity contribution in [3.05, 3.63) is 22.4 Å². The molecule has 1 rings (SSSR count). The zero-order chi connectivity index (χ0) is 10.9. The Morgan fingerprint density at radius 2 is 1.80 bits per heavy atom. The van der Waals surface area contributed by atoms with E-state index in [4.69, 9.17) is 0 Å². The molecule has 1 heterocycles. The molecule has 0 fully saturated rings. The van der Waals surface area contributed by atoms with Crippen LogP contribution in [-0.4, -0.2) is 18.0 Å². The van der Waals surface area contributed by atoms with E-state index in [0.29, 0.717) is 0 Å². The lowest BCUT2D eigenvalue weighted by Gasteiger charge is -2.21. The van der Waals surface area contributed by atoms with Crippen LogP contribution in [0, 0.1) is 0 Å². The Labute approximate surface area is 98.1 Å². The molecule has 86 valence electrons. The molecule has 0 bridgehead atoms. The fourth-order valence-electron chi connectivity index (χ4n) is 1.66. The summed E-state index contributed by atoms with van der Waals surface area (Å²) >= 11 is 1.88. The molecule has 0 unspecified atom stereocenters. The first-order chi connectivity index (χ1) is 7.36. The number of nitrogens with zero attached hydrogens (tertiary/aromatic N) is 1. The predicted molar refractivity (Wildman–Crippen MR) is 69.4 cm³/mol. The Hall–Kier alpha value is -0.340. The maximum Gasteiger partial charge on any atom is 0.0327 e. The van der Waals surface area contributed by atoms with Crippen LogP contribution in [0.2, 0.25) is 0 Å². The van der Waals surface area contributed by atoms with Gasteiger partial charge in [0.25, 0.3) is 0 Å². The van der Waals surface area contributed by atoms with Gasteiger partial charge in [0.1, 0.15) is 0 Å². The Bertz CT molecular complexity index is 223. The third-order valence-electron chi connectivity index (χ3n) is 2.62. The fourth-order valence-corrected chi connectivity index (χ4v) is 2.40. The maximum absolute atomic E-state index is 2.60. The molecule has 2 heteroatoms. The molecule has 0 spiro atoms. The number of unbranched alkanes of at least 4 members (excludes halogenated alkanes) is 2. The average molecular weight is 225 g/mol. The van der Waals surface area contributed by atoms with Crippen LogP contribution in [0.3, 0.4) is 0 Å². The van der Waals surface area contributed by atoms with Gasteiger partial charge >= 0.3 is 0 Å². The van der Waals surface area contributed by atoms with Gasteiger partial charge in [0.15, 0.2) is 0 Å². The van der Waals surface area contributed by atoms with Gasteiger partial charge in [0, 0.05) is 11.4 Å². The smallest absolute Gasteiger partial charge is 0.0327 e. The molecule has 0 aliphatic heterocycles. The maximum atomic E-state index is 2.60. The van der Waals surface area contributed by atoms with Gasteiger partial charge in [-0.3, -0.25) is 4.90 Å². The van der Waals surface area contributed by atoms with E-state index in [0.717, 1.165) is 6.54 Å². The number of thiophene rings is 1. The normalized spacial score (nSPS) is 11.1. The summed E-state index contributed by atoms with van der Waals surface area (Å²) < 4.78 is 0. The molecule has 0 radical (unpaired) electrons. The Balaban J connectivity index is 2.33. The van der Waals surface area contributed by atoms with Gasteiger partial charge in [-0.1, -0.05) is 32.8 Å². The summed E-state index contributed by atoms with van der Waals surface area (Å²) in [6.07, 6.45) is 5.25. The molecule has 15 heavy (non-hydrogen) atoms. The summed E-state index contributed by atoms with van der Waals surface area (Å²) in [5, 5.41) is 2.17. The molecule has 0 aliphatic carbocycles. The monoisotopic (exact) mass is 225 g/mol. The second-order valence-corrected chi connectivity index (χ2v) is 5.09. The molecule has 1 aromatic heterocycles. The highest BCUT2D eigenvalue weighted by Gasteiger charge is 2.05. The minimum absolute atomic E-state index is 1.15. The molecular formula is C13H23NS. The third kappa shape index (κ3) is 5.33. The van der Waals surface area contributed by atoms with Gasteiger partial charge in [-0.05, 0) is 37.4 Å². The van der Waals surface area contributed by atoms with E-state index in [1.807, 2.05) is 11.3 Å². The average Bonchev–Trinajstić information content (AvgIpc) is 2.74. The van der Waals surface area contributed by atoms with Crippen molar-refractivity contribution in [3.8, 4) is 0 Å². The van der Waals surface area contributed by atoms with Gasteiger partial charge in [0.05, 0.1) is 0 Å². The van der Waals surface area contributed by atoms with Crippen molar-refractivity contribution in [2.45, 2.75) is 46.1 Å². The van der Waals surface area contributed by atoms with Crippen LogP contribution < -0.4 is 0 Å². The molecule has 0 N–H and O–H groups in total. The fraction of sp³-hybridized carbons (Fsp3) is 0.692. The lowest BCUT2D eigenvalue weighted by Crippen LogP contribution is -2.25. The molecule has 0 amide bonds. The van der Waals surface area contributed by atoms with E-state index in [1.165, 1.54) is 43.6 Å². The topological polar surface area (TPSA) is 3.24 Å². The zero-order valence-electron chi connectivity index (χ0n) is 10.0. The first kappa shape index (κ1) is 12.7. The van der Waals surface area contributed by atoms with Crippen LogP contribution in [0.25, 0.3) is 0 Å². The minimum Gasteiger partial charge on any atom is -0.298 e. The largest absolute Gasteiger partial charge is 0.298 e. The predicted octanol–water partition coefficient (Wildman–Crippen LogP) is 4.15. The summed E-state index contributed by atoms with van der Waals surface area (Å²) in [7, 11) is 0. The van der Waals surface area contributed by atoms with Gasteiger partial charge in [-0.15, -0.1) is 11.3 Å². The Kier molecular flexibility index (Phi) is 6.69. The van der Waals surface area contributed by atoms with Gasteiger partial charge in [-0.25, -0.2) is 0 Å². The van der Waals surface area contributed by atoms with Crippen LogP contribution in [0.15, 0.2) is 17.5 Å². The second-order valence-electron chi connectivity index (χ2n) is 4.06. The van der Waals surface area contributed by atoms with Crippen LogP contribution in [0.4, 0.5) is 0 Å². The van der Waals surface area contributed by atoms with E-state index in [-0.39, 0.29) is 0 Å².